The van der Waals surface area contributed by atoms with Crippen LogP contribution in [0.2, 0.25) is 0 Å². The molecular formula is C24H27N3O2. The highest BCUT2D eigenvalue weighted by molar-refractivity contribution is 5.95. The van der Waals surface area contributed by atoms with E-state index in [1.807, 2.05) is 60.4 Å². The van der Waals surface area contributed by atoms with E-state index in [1.165, 1.54) is 0 Å². The third kappa shape index (κ3) is 3.83. The maximum Gasteiger partial charge on any atom is 0.256 e. The summed E-state index contributed by atoms with van der Waals surface area (Å²) in [6.45, 7) is 3.59. The first-order valence-electron chi connectivity index (χ1n) is 10.1. The summed E-state index contributed by atoms with van der Waals surface area (Å²) in [4.78, 5) is 32.5. The number of carbonyl (C=O) groups excluding carboxylic acids is 1. The molecule has 0 aliphatic carbocycles. The number of carbonyl (C=O) groups is 1. The molecule has 1 aromatic heterocycles. The smallest absolute Gasteiger partial charge is 0.256 e. The zero-order valence-electron chi connectivity index (χ0n) is 17.2. The molecule has 0 atom stereocenters. The van der Waals surface area contributed by atoms with E-state index < -0.39 is 0 Å². The number of aromatic nitrogens is 1. The number of H-pyrrole nitrogens is 1. The molecule has 0 saturated carbocycles. The second-order valence-corrected chi connectivity index (χ2v) is 8.11. The lowest BCUT2D eigenvalue weighted by Crippen LogP contribution is -2.44. The third-order valence-corrected chi connectivity index (χ3v) is 6.03. The van der Waals surface area contributed by atoms with Crippen LogP contribution in [0.15, 0.2) is 53.3 Å². The summed E-state index contributed by atoms with van der Waals surface area (Å²) in [5.41, 5.74) is 3.34. The molecule has 1 saturated heterocycles. The fourth-order valence-corrected chi connectivity index (χ4v) is 4.16. The molecule has 1 amide bonds. The van der Waals surface area contributed by atoms with Gasteiger partial charge in [-0.25, -0.2) is 0 Å². The average molecular weight is 389 g/mol. The van der Waals surface area contributed by atoms with Crippen molar-refractivity contribution in [3.8, 4) is 11.3 Å². The van der Waals surface area contributed by atoms with E-state index in [1.54, 1.807) is 0 Å². The molecule has 0 unspecified atom stereocenters. The van der Waals surface area contributed by atoms with E-state index in [9.17, 15) is 9.59 Å². The van der Waals surface area contributed by atoms with Gasteiger partial charge < -0.3 is 14.8 Å². The summed E-state index contributed by atoms with van der Waals surface area (Å²) in [7, 11) is 4.19. The topological polar surface area (TPSA) is 56.4 Å². The SMILES string of the molecule is Cc1cccc2c(=O)[nH]c(-c3ccc(C(=O)N4CCC(N(C)C)CC4)cc3)cc12. The quantitative estimate of drug-likeness (QED) is 0.744. The Bertz CT molecular complexity index is 1090. The summed E-state index contributed by atoms with van der Waals surface area (Å²) in [6, 6.07) is 15.8. The Morgan fingerprint density at radius 2 is 1.72 bits per heavy atom. The van der Waals surface area contributed by atoms with Gasteiger partial charge in [-0.05, 0) is 74.6 Å². The second-order valence-electron chi connectivity index (χ2n) is 8.11. The first-order valence-corrected chi connectivity index (χ1v) is 10.1. The molecule has 0 spiro atoms. The Hall–Kier alpha value is -2.92. The van der Waals surface area contributed by atoms with Crippen molar-refractivity contribution >= 4 is 16.7 Å². The number of nitrogens with zero attached hydrogens (tertiary/aromatic N) is 2. The summed E-state index contributed by atoms with van der Waals surface area (Å²) in [5, 5.41) is 1.65. The van der Waals surface area contributed by atoms with Gasteiger partial charge in [0.2, 0.25) is 0 Å². The van der Waals surface area contributed by atoms with Gasteiger partial charge in [0.05, 0.1) is 0 Å². The monoisotopic (exact) mass is 389 g/mol. The number of piperidine rings is 1. The van der Waals surface area contributed by atoms with Gasteiger partial charge in [0.25, 0.3) is 11.5 Å². The number of rotatable bonds is 3. The highest BCUT2D eigenvalue weighted by Gasteiger charge is 2.24. The van der Waals surface area contributed by atoms with Crippen molar-refractivity contribution in [2.75, 3.05) is 27.2 Å². The molecule has 2 aromatic carbocycles. The van der Waals surface area contributed by atoms with E-state index in [-0.39, 0.29) is 11.5 Å². The fraction of sp³-hybridized carbons (Fsp3) is 0.333. The lowest BCUT2D eigenvalue weighted by Gasteiger charge is -2.35. The van der Waals surface area contributed by atoms with E-state index in [0.29, 0.717) is 17.0 Å². The molecule has 3 aromatic rings. The van der Waals surface area contributed by atoms with Crippen molar-refractivity contribution in [2.24, 2.45) is 0 Å². The largest absolute Gasteiger partial charge is 0.339 e. The Kier molecular flexibility index (Phi) is 5.24. The maximum absolute atomic E-state index is 12.9. The number of likely N-dealkylation sites (tertiary alicyclic amines) is 1. The van der Waals surface area contributed by atoms with Crippen LogP contribution in [0.5, 0.6) is 0 Å². The molecule has 4 rings (SSSR count). The maximum atomic E-state index is 12.9. The number of aromatic amines is 1. The van der Waals surface area contributed by atoms with Gasteiger partial charge in [-0.15, -0.1) is 0 Å². The number of amides is 1. The first kappa shape index (κ1) is 19.4. The standard InChI is InChI=1S/C24H27N3O2/c1-16-5-4-6-20-21(16)15-22(25-23(20)28)17-7-9-18(10-8-17)24(29)27-13-11-19(12-14-27)26(2)3/h4-10,15,19H,11-14H2,1-3H3,(H,25,28). The molecule has 150 valence electrons. The summed E-state index contributed by atoms with van der Waals surface area (Å²) in [5.74, 6) is 0.0802. The van der Waals surface area contributed by atoms with Gasteiger partial charge in [0.1, 0.15) is 0 Å². The number of fused-ring (bicyclic) bond motifs is 1. The summed E-state index contributed by atoms with van der Waals surface area (Å²) < 4.78 is 0. The molecule has 0 radical (unpaired) electrons. The van der Waals surface area contributed by atoms with E-state index in [4.69, 9.17) is 0 Å². The molecule has 0 bridgehead atoms. The lowest BCUT2D eigenvalue weighted by molar-refractivity contribution is 0.0663. The predicted octanol–water partition coefficient (Wildman–Crippen LogP) is 3.67. The van der Waals surface area contributed by atoms with Crippen molar-refractivity contribution in [2.45, 2.75) is 25.8 Å². The number of hydrogen-bond donors (Lipinski definition) is 1. The van der Waals surface area contributed by atoms with Crippen LogP contribution in [0, 0.1) is 6.92 Å². The predicted molar refractivity (Wildman–Crippen MR) is 117 cm³/mol. The van der Waals surface area contributed by atoms with Crippen LogP contribution in [0.25, 0.3) is 22.0 Å². The lowest BCUT2D eigenvalue weighted by atomic mass is 10.0. The minimum atomic E-state index is -0.0925. The second kappa shape index (κ2) is 7.84. The van der Waals surface area contributed by atoms with Crippen molar-refractivity contribution in [1.29, 1.82) is 0 Å². The van der Waals surface area contributed by atoms with Crippen LogP contribution in [0.3, 0.4) is 0 Å². The number of pyridine rings is 1. The number of benzene rings is 2. The molecule has 5 nitrogen and oxygen atoms in total. The summed E-state index contributed by atoms with van der Waals surface area (Å²) >= 11 is 0. The van der Waals surface area contributed by atoms with Crippen LogP contribution in [-0.4, -0.2) is 53.9 Å². The van der Waals surface area contributed by atoms with Crippen LogP contribution in [0.4, 0.5) is 0 Å². The van der Waals surface area contributed by atoms with E-state index >= 15 is 0 Å². The Labute approximate surface area is 171 Å². The molecular weight excluding hydrogens is 362 g/mol. The van der Waals surface area contributed by atoms with Gasteiger partial charge in [-0.3, -0.25) is 9.59 Å². The van der Waals surface area contributed by atoms with Crippen molar-refractivity contribution in [3.05, 3.63) is 70.0 Å². The molecule has 2 heterocycles. The normalized spacial score (nSPS) is 15.2. The molecule has 1 aliphatic rings. The number of nitrogens with one attached hydrogen (secondary N) is 1. The Morgan fingerprint density at radius 3 is 2.38 bits per heavy atom. The van der Waals surface area contributed by atoms with Gasteiger partial charge in [0, 0.05) is 35.8 Å². The average Bonchev–Trinajstić information content (AvgIpc) is 2.74. The Balaban J connectivity index is 1.56. The van der Waals surface area contributed by atoms with Gasteiger partial charge in [-0.2, -0.15) is 0 Å². The molecule has 1 aliphatic heterocycles. The van der Waals surface area contributed by atoms with Crippen molar-refractivity contribution in [1.82, 2.24) is 14.8 Å². The van der Waals surface area contributed by atoms with Crippen LogP contribution < -0.4 is 5.56 Å². The summed E-state index contributed by atoms with van der Waals surface area (Å²) in [6.07, 6.45) is 2.02. The number of hydrogen-bond acceptors (Lipinski definition) is 3. The highest BCUT2D eigenvalue weighted by atomic mass is 16.2. The van der Waals surface area contributed by atoms with Crippen LogP contribution in [-0.2, 0) is 0 Å². The highest BCUT2D eigenvalue weighted by Crippen LogP contribution is 2.23. The fourth-order valence-electron chi connectivity index (χ4n) is 4.16. The van der Waals surface area contributed by atoms with Crippen LogP contribution >= 0.6 is 0 Å². The molecule has 5 heteroatoms. The zero-order valence-corrected chi connectivity index (χ0v) is 17.2. The zero-order chi connectivity index (χ0) is 20.5. The molecule has 1 N–H and O–H groups in total. The Morgan fingerprint density at radius 1 is 1.03 bits per heavy atom. The van der Waals surface area contributed by atoms with Crippen molar-refractivity contribution in [3.63, 3.8) is 0 Å². The minimum Gasteiger partial charge on any atom is -0.339 e. The van der Waals surface area contributed by atoms with Crippen molar-refractivity contribution < 1.29 is 4.79 Å². The molecule has 29 heavy (non-hydrogen) atoms. The third-order valence-electron chi connectivity index (χ3n) is 6.03. The van der Waals surface area contributed by atoms with E-state index in [2.05, 4.69) is 24.0 Å². The number of aryl methyl sites for hydroxylation is 1. The molecule has 1 fully saturated rings. The first-order chi connectivity index (χ1) is 13.9. The van der Waals surface area contributed by atoms with Gasteiger partial charge in [-0.1, -0.05) is 24.3 Å². The van der Waals surface area contributed by atoms with Crippen LogP contribution in [0.1, 0.15) is 28.8 Å². The van der Waals surface area contributed by atoms with Gasteiger partial charge in [0.15, 0.2) is 0 Å². The van der Waals surface area contributed by atoms with E-state index in [0.717, 1.165) is 48.1 Å². The minimum absolute atomic E-state index is 0.0802. The van der Waals surface area contributed by atoms with Gasteiger partial charge >= 0.3 is 0 Å².